The van der Waals surface area contributed by atoms with Gasteiger partial charge in [-0.25, -0.2) is 0 Å². The molecule has 0 saturated carbocycles. The van der Waals surface area contributed by atoms with Crippen LogP contribution in [0.5, 0.6) is 0 Å². The molecule has 3 N–H and O–H groups in total. The third kappa shape index (κ3) is 65.0. The zero-order valence-electron chi connectivity index (χ0n) is 53.8. The Labute approximate surface area is 499 Å². The van der Waals surface area contributed by atoms with Crippen LogP contribution in [0.2, 0.25) is 0 Å². The van der Waals surface area contributed by atoms with Gasteiger partial charge in [0.05, 0.1) is 25.4 Å². The quantitative estimate of drug-likeness (QED) is 0.0320. The third-order valence-corrected chi connectivity index (χ3v) is 16.6. The Morgan fingerprint density at radius 2 is 0.625 bits per heavy atom. The predicted octanol–water partition coefficient (Wildman–Crippen LogP) is 23.3. The van der Waals surface area contributed by atoms with E-state index in [2.05, 4.69) is 55.6 Å². The van der Waals surface area contributed by atoms with E-state index in [1.807, 2.05) is 6.08 Å². The summed E-state index contributed by atoms with van der Waals surface area (Å²) in [5.74, 6) is -0.0537. The summed E-state index contributed by atoms with van der Waals surface area (Å²) in [6, 6.07) is -0.626. The molecule has 2 unspecified atom stereocenters. The number of amides is 1. The van der Waals surface area contributed by atoms with Gasteiger partial charge in [0.15, 0.2) is 0 Å². The van der Waals surface area contributed by atoms with Gasteiger partial charge in [-0.3, -0.25) is 9.59 Å². The summed E-state index contributed by atoms with van der Waals surface area (Å²) >= 11 is 0. The molecule has 0 aliphatic heterocycles. The van der Waals surface area contributed by atoms with E-state index < -0.39 is 12.1 Å². The van der Waals surface area contributed by atoms with E-state index in [4.69, 9.17) is 4.74 Å². The number of esters is 1. The summed E-state index contributed by atoms with van der Waals surface area (Å²) in [5, 5.41) is 23.1. The second kappa shape index (κ2) is 69.3. The van der Waals surface area contributed by atoms with Crippen molar-refractivity contribution in [2.45, 2.75) is 398 Å². The van der Waals surface area contributed by atoms with E-state index in [9.17, 15) is 19.8 Å². The third-order valence-electron chi connectivity index (χ3n) is 16.6. The van der Waals surface area contributed by atoms with E-state index in [1.54, 1.807) is 6.08 Å². The lowest BCUT2D eigenvalue weighted by molar-refractivity contribution is -0.143. The lowest BCUT2D eigenvalue weighted by Gasteiger charge is -2.20. The van der Waals surface area contributed by atoms with Gasteiger partial charge in [-0.15, -0.1) is 0 Å². The summed E-state index contributed by atoms with van der Waals surface area (Å²) in [6.45, 7) is 4.90. The highest BCUT2D eigenvalue weighted by molar-refractivity contribution is 5.76. The summed E-state index contributed by atoms with van der Waals surface area (Å²) in [6.07, 6.45) is 90.6. The van der Waals surface area contributed by atoms with Gasteiger partial charge >= 0.3 is 5.97 Å². The van der Waals surface area contributed by atoms with Gasteiger partial charge in [-0.1, -0.05) is 332 Å². The molecule has 0 heterocycles. The topological polar surface area (TPSA) is 95.9 Å². The van der Waals surface area contributed by atoms with Crippen molar-refractivity contribution in [1.82, 2.24) is 5.32 Å². The predicted molar refractivity (Wildman–Crippen MR) is 352 cm³/mol. The second-order valence-corrected chi connectivity index (χ2v) is 24.6. The van der Waals surface area contributed by atoms with Gasteiger partial charge in [0, 0.05) is 12.8 Å². The van der Waals surface area contributed by atoms with Gasteiger partial charge in [-0.2, -0.15) is 0 Å². The van der Waals surface area contributed by atoms with Crippen molar-refractivity contribution in [2.24, 2.45) is 0 Å². The van der Waals surface area contributed by atoms with Crippen LogP contribution < -0.4 is 5.32 Å². The van der Waals surface area contributed by atoms with E-state index in [0.717, 1.165) is 51.4 Å². The molecule has 2 atom stereocenters. The molecule has 0 fully saturated rings. The zero-order chi connectivity index (χ0) is 57.8. The zero-order valence-corrected chi connectivity index (χ0v) is 53.8. The molecule has 0 rings (SSSR count). The van der Waals surface area contributed by atoms with Crippen molar-refractivity contribution in [2.75, 3.05) is 13.2 Å². The largest absolute Gasteiger partial charge is 0.466 e. The highest BCUT2D eigenvalue weighted by Gasteiger charge is 2.18. The molecular formula is C74H139NO5. The number of carbonyl (C=O) groups excluding carboxylic acids is 2. The van der Waals surface area contributed by atoms with Gasteiger partial charge in [0.25, 0.3) is 0 Å². The van der Waals surface area contributed by atoms with Crippen molar-refractivity contribution in [3.8, 4) is 0 Å². The highest BCUT2D eigenvalue weighted by atomic mass is 16.5. The number of aliphatic hydroxyl groups excluding tert-OH is 2. The Morgan fingerprint density at radius 1 is 0.350 bits per heavy atom. The fraction of sp³-hybridized carbons (Fsp3) is 0.865. The van der Waals surface area contributed by atoms with Crippen molar-refractivity contribution in [3.63, 3.8) is 0 Å². The molecule has 6 nitrogen and oxygen atoms in total. The minimum Gasteiger partial charge on any atom is -0.466 e. The number of hydrogen-bond acceptors (Lipinski definition) is 5. The number of hydrogen-bond donors (Lipinski definition) is 3. The van der Waals surface area contributed by atoms with Crippen LogP contribution in [0, 0.1) is 0 Å². The Bertz CT molecular complexity index is 1340. The summed E-state index contributed by atoms with van der Waals surface area (Å²) in [5.41, 5.74) is 0. The van der Waals surface area contributed by atoms with E-state index in [0.29, 0.717) is 19.4 Å². The van der Waals surface area contributed by atoms with Gasteiger partial charge in [-0.05, 0) is 89.9 Å². The van der Waals surface area contributed by atoms with Crippen LogP contribution >= 0.6 is 0 Å². The number of unbranched alkanes of at least 4 members (excludes halogenated alkanes) is 50. The molecule has 0 aliphatic carbocycles. The Morgan fingerprint density at radius 3 is 0.988 bits per heavy atom. The Balaban J connectivity index is 3.36. The molecule has 0 radical (unpaired) electrons. The fourth-order valence-electron chi connectivity index (χ4n) is 11.1. The maximum atomic E-state index is 12.5. The molecule has 0 aliphatic rings. The van der Waals surface area contributed by atoms with Crippen LogP contribution in [0.25, 0.3) is 0 Å². The molecular weight excluding hydrogens is 983 g/mol. The number of allylic oxidation sites excluding steroid dienone is 7. The minimum absolute atomic E-state index is 0.0102. The molecule has 0 spiro atoms. The van der Waals surface area contributed by atoms with Gasteiger partial charge in [0.2, 0.25) is 5.91 Å². The molecule has 6 heteroatoms. The molecule has 1 amide bonds. The van der Waals surface area contributed by atoms with E-state index >= 15 is 0 Å². The maximum Gasteiger partial charge on any atom is 0.305 e. The van der Waals surface area contributed by atoms with Gasteiger partial charge < -0.3 is 20.3 Å². The van der Waals surface area contributed by atoms with E-state index in [-0.39, 0.29) is 18.5 Å². The molecule has 0 saturated heterocycles. The average Bonchev–Trinajstić information content (AvgIpc) is 3.46. The van der Waals surface area contributed by atoms with Crippen LogP contribution in [0.15, 0.2) is 48.6 Å². The van der Waals surface area contributed by atoms with Crippen molar-refractivity contribution in [3.05, 3.63) is 48.6 Å². The molecule has 80 heavy (non-hydrogen) atoms. The molecule has 0 aromatic heterocycles. The van der Waals surface area contributed by atoms with E-state index in [1.165, 1.54) is 308 Å². The van der Waals surface area contributed by atoms with Crippen LogP contribution in [0.4, 0.5) is 0 Å². The normalized spacial score (nSPS) is 12.8. The average molecular weight is 1120 g/mol. The van der Waals surface area contributed by atoms with Crippen LogP contribution in [-0.4, -0.2) is 47.4 Å². The molecule has 470 valence electrons. The lowest BCUT2D eigenvalue weighted by Crippen LogP contribution is -2.45. The second-order valence-electron chi connectivity index (χ2n) is 24.6. The van der Waals surface area contributed by atoms with Crippen molar-refractivity contribution in [1.29, 1.82) is 0 Å². The minimum atomic E-state index is -0.842. The fourth-order valence-corrected chi connectivity index (χ4v) is 11.1. The number of ether oxygens (including phenoxy) is 1. The Kier molecular flexibility index (Phi) is 67.4. The Hall–Kier alpha value is -2.18. The van der Waals surface area contributed by atoms with Crippen LogP contribution in [0.3, 0.4) is 0 Å². The number of carbonyl (C=O) groups is 2. The first-order valence-corrected chi connectivity index (χ1v) is 35.9. The number of aliphatic hydroxyl groups is 2. The lowest BCUT2D eigenvalue weighted by atomic mass is 10.0. The molecule has 0 bridgehead atoms. The highest BCUT2D eigenvalue weighted by Crippen LogP contribution is 2.18. The molecule has 0 aromatic rings. The van der Waals surface area contributed by atoms with Gasteiger partial charge in [0.1, 0.15) is 0 Å². The smallest absolute Gasteiger partial charge is 0.305 e. The standard InChI is InChI=1S/C74H139NO5/c1-3-5-7-9-11-13-15-17-19-36-40-44-48-52-56-60-64-68-74(79)80-69-65-61-57-53-49-45-41-38-35-33-31-29-27-25-23-21-20-22-24-26-28-30-32-34-37-39-43-47-51-55-59-63-67-73(78)75-71(70-76)72(77)66-62-58-54-50-46-42-18-16-14-12-10-8-6-4-2/h11,13,17,19,23,25,62,66,71-72,76-77H,3-10,12,14-16,18,20-22,24,26-61,63-65,67-70H2,1-2H3,(H,75,78)/b13-11-,19-17-,25-23-,66-62+. The summed E-state index contributed by atoms with van der Waals surface area (Å²) in [7, 11) is 0. The van der Waals surface area contributed by atoms with Crippen LogP contribution in [-0.2, 0) is 14.3 Å². The number of rotatable bonds is 67. The first-order chi connectivity index (χ1) is 39.5. The summed E-state index contributed by atoms with van der Waals surface area (Å²) < 4.78 is 5.50. The van der Waals surface area contributed by atoms with Crippen molar-refractivity contribution >= 4 is 11.9 Å². The maximum absolute atomic E-state index is 12.5. The first-order valence-electron chi connectivity index (χ1n) is 35.9. The van der Waals surface area contributed by atoms with Crippen molar-refractivity contribution < 1.29 is 24.5 Å². The number of nitrogens with one attached hydrogen (secondary N) is 1. The SMILES string of the molecule is CCCCC/C=C\C/C=C\CCCCCCCCCC(=O)OCCCCCCCCCCCCCC/C=C\CCCCCCCCCCCCCCCCCCC(=O)NC(CO)C(O)/C=C/CCCCCCCCCCCCCC. The molecule has 0 aromatic carbocycles. The van der Waals surface area contributed by atoms with Crippen LogP contribution in [0.1, 0.15) is 386 Å². The first kappa shape index (κ1) is 77.8. The monoisotopic (exact) mass is 1120 g/mol. The summed E-state index contributed by atoms with van der Waals surface area (Å²) in [4.78, 5) is 24.6.